The van der Waals surface area contributed by atoms with Crippen molar-refractivity contribution in [2.24, 2.45) is 0 Å². The van der Waals surface area contributed by atoms with Crippen LogP contribution in [-0.4, -0.2) is 13.1 Å². The molecule has 15 heavy (non-hydrogen) atoms. The van der Waals surface area contributed by atoms with Crippen LogP contribution in [0.15, 0.2) is 16.6 Å². The molecule has 1 aromatic carbocycles. The molecule has 0 bridgehead atoms. The van der Waals surface area contributed by atoms with Crippen LogP contribution in [0.5, 0.6) is 0 Å². The van der Waals surface area contributed by atoms with Crippen LogP contribution < -0.4 is 10.6 Å². The van der Waals surface area contributed by atoms with Gasteiger partial charge in [-0.25, -0.2) is 0 Å². The molecule has 0 fully saturated rings. The quantitative estimate of drug-likeness (QED) is 0.848. The number of nitrogens with zero attached hydrogens (tertiary/aromatic N) is 1. The highest BCUT2D eigenvalue weighted by atomic mass is 79.9. The van der Waals surface area contributed by atoms with Crippen molar-refractivity contribution in [2.75, 3.05) is 23.7 Å². The van der Waals surface area contributed by atoms with Gasteiger partial charge in [0, 0.05) is 23.2 Å². The number of hydrogen-bond donors (Lipinski definition) is 1. The summed E-state index contributed by atoms with van der Waals surface area (Å²) in [7, 11) is 0. The fourth-order valence-electron chi connectivity index (χ4n) is 1.64. The van der Waals surface area contributed by atoms with Crippen LogP contribution in [0.4, 0.5) is 11.4 Å². The van der Waals surface area contributed by atoms with E-state index in [1.54, 1.807) is 0 Å². The minimum Gasteiger partial charge on any atom is -0.398 e. The maximum atomic E-state index is 5.86. The zero-order chi connectivity index (χ0) is 11.4. The second-order valence-corrected chi connectivity index (χ2v) is 4.59. The van der Waals surface area contributed by atoms with Crippen LogP contribution in [0.1, 0.15) is 25.8 Å². The molecule has 0 aliphatic rings. The van der Waals surface area contributed by atoms with E-state index in [4.69, 9.17) is 5.73 Å². The molecule has 2 nitrogen and oxygen atoms in total. The minimum absolute atomic E-state index is 0.846. The molecule has 0 aliphatic carbocycles. The molecule has 1 rings (SSSR count). The third-order valence-electron chi connectivity index (χ3n) is 2.55. The summed E-state index contributed by atoms with van der Waals surface area (Å²) in [6.07, 6.45) is 1.16. The molecule has 0 atom stereocenters. The van der Waals surface area contributed by atoms with E-state index >= 15 is 0 Å². The number of aryl methyl sites for hydroxylation is 1. The molecule has 0 unspecified atom stereocenters. The van der Waals surface area contributed by atoms with Crippen LogP contribution in [0.25, 0.3) is 0 Å². The van der Waals surface area contributed by atoms with Gasteiger partial charge in [0.15, 0.2) is 0 Å². The molecule has 0 aliphatic heterocycles. The predicted molar refractivity (Wildman–Crippen MR) is 71.5 cm³/mol. The summed E-state index contributed by atoms with van der Waals surface area (Å²) in [5.41, 5.74) is 9.09. The Balaban J connectivity index is 3.06. The van der Waals surface area contributed by atoms with Crippen molar-refractivity contribution in [1.29, 1.82) is 0 Å². The minimum atomic E-state index is 0.846. The molecule has 0 amide bonds. The zero-order valence-corrected chi connectivity index (χ0v) is 11.3. The highest BCUT2D eigenvalue weighted by molar-refractivity contribution is 9.10. The van der Waals surface area contributed by atoms with Gasteiger partial charge in [0.2, 0.25) is 0 Å². The maximum absolute atomic E-state index is 5.86. The van der Waals surface area contributed by atoms with Gasteiger partial charge >= 0.3 is 0 Å². The van der Waals surface area contributed by atoms with Gasteiger partial charge in [0.25, 0.3) is 0 Å². The van der Waals surface area contributed by atoms with Gasteiger partial charge in [-0.2, -0.15) is 0 Å². The van der Waals surface area contributed by atoms with Gasteiger partial charge in [0.05, 0.1) is 5.69 Å². The standard InChI is InChI=1S/C12H19BrN2/c1-4-6-15(5-2)12-7-9(3)11(14)8-10(12)13/h7-8H,4-6,14H2,1-3H3. The van der Waals surface area contributed by atoms with Crippen molar-refractivity contribution in [3.8, 4) is 0 Å². The number of nitrogens with two attached hydrogens (primary N) is 1. The zero-order valence-electron chi connectivity index (χ0n) is 9.68. The van der Waals surface area contributed by atoms with E-state index in [-0.39, 0.29) is 0 Å². The van der Waals surface area contributed by atoms with Gasteiger partial charge in [-0.15, -0.1) is 0 Å². The molecular weight excluding hydrogens is 252 g/mol. The van der Waals surface area contributed by atoms with Crippen molar-refractivity contribution < 1.29 is 0 Å². The molecule has 3 heteroatoms. The van der Waals surface area contributed by atoms with Crippen LogP contribution in [-0.2, 0) is 0 Å². The third kappa shape index (κ3) is 2.88. The number of rotatable bonds is 4. The first-order chi connectivity index (χ1) is 7.10. The second kappa shape index (κ2) is 5.40. The van der Waals surface area contributed by atoms with Crippen LogP contribution in [0, 0.1) is 6.92 Å². The Kier molecular flexibility index (Phi) is 4.45. The van der Waals surface area contributed by atoms with E-state index in [2.05, 4.69) is 40.7 Å². The monoisotopic (exact) mass is 270 g/mol. The lowest BCUT2D eigenvalue weighted by atomic mass is 10.1. The number of hydrogen-bond acceptors (Lipinski definition) is 2. The summed E-state index contributed by atoms with van der Waals surface area (Å²) < 4.78 is 1.08. The molecule has 0 aromatic heterocycles. The Morgan fingerprint density at radius 1 is 1.33 bits per heavy atom. The van der Waals surface area contributed by atoms with E-state index < -0.39 is 0 Å². The van der Waals surface area contributed by atoms with E-state index in [0.29, 0.717) is 0 Å². The first kappa shape index (κ1) is 12.4. The molecule has 0 radical (unpaired) electrons. The molecular formula is C12H19BrN2. The summed E-state index contributed by atoms with van der Waals surface area (Å²) >= 11 is 3.57. The molecule has 2 N–H and O–H groups in total. The first-order valence-electron chi connectivity index (χ1n) is 5.40. The summed E-state index contributed by atoms with van der Waals surface area (Å²) in [5.74, 6) is 0. The Morgan fingerprint density at radius 2 is 2.00 bits per heavy atom. The van der Waals surface area contributed by atoms with Crippen molar-refractivity contribution in [2.45, 2.75) is 27.2 Å². The highest BCUT2D eigenvalue weighted by Gasteiger charge is 2.09. The van der Waals surface area contributed by atoms with E-state index in [0.717, 1.165) is 35.2 Å². The van der Waals surface area contributed by atoms with Gasteiger partial charge in [0.1, 0.15) is 0 Å². The number of nitrogen functional groups attached to an aromatic ring is 1. The van der Waals surface area contributed by atoms with Gasteiger partial charge < -0.3 is 10.6 Å². The highest BCUT2D eigenvalue weighted by Crippen LogP contribution is 2.30. The Labute approximate surface area is 101 Å². The number of anilines is 2. The second-order valence-electron chi connectivity index (χ2n) is 3.74. The summed E-state index contributed by atoms with van der Waals surface area (Å²) in [4.78, 5) is 2.36. The normalized spacial score (nSPS) is 10.4. The lowest BCUT2D eigenvalue weighted by molar-refractivity contribution is 0.790. The van der Waals surface area contributed by atoms with E-state index in [9.17, 15) is 0 Å². The maximum Gasteiger partial charge on any atom is 0.0514 e. The third-order valence-corrected chi connectivity index (χ3v) is 3.19. The largest absolute Gasteiger partial charge is 0.398 e. The molecule has 0 heterocycles. The van der Waals surface area contributed by atoms with Crippen molar-refractivity contribution in [3.05, 3.63) is 22.2 Å². The fourth-order valence-corrected chi connectivity index (χ4v) is 2.25. The SMILES string of the molecule is CCCN(CC)c1cc(C)c(N)cc1Br. The molecule has 0 spiro atoms. The van der Waals surface area contributed by atoms with Crippen LogP contribution in [0.2, 0.25) is 0 Å². The molecule has 0 saturated carbocycles. The average molecular weight is 271 g/mol. The average Bonchev–Trinajstić information content (AvgIpc) is 2.20. The Hall–Kier alpha value is -0.700. The van der Waals surface area contributed by atoms with E-state index in [1.807, 2.05) is 13.0 Å². The smallest absolute Gasteiger partial charge is 0.0514 e. The van der Waals surface area contributed by atoms with Gasteiger partial charge in [-0.05, 0) is 53.9 Å². The predicted octanol–water partition coefficient (Wildman–Crippen LogP) is 3.58. The number of halogens is 1. The lowest BCUT2D eigenvalue weighted by Crippen LogP contribution is -2.23. The molecule has 1 aromatic rings. The molecule has 84 valence electrons. The Morgan fingerprint density at radius 3 is 2.53 bits per heavy atom. The molecule has 0 saturated heterocycles. The first-order valence-corrected chi connectivity index (χ1v) is 6.20. The van der Waals surface area contributed by atoms with Crippen LogP contribution >= 0.6 is 15.9 Å². The Bertz CT molecular complexity index is 337. The van der Waals surface area contributed by atoms with Crippen LogP contribution in [0.3, 0.4) is 0 Å². The summed E-state index contributed by atoms with van der Waals surface area (Å²) in [6.45, 7) is 8.52. The van der Waals surface area contributed by atoms with Crippen molar-refractivity contribution in [3.63, 3.8) is 0 Å². The lowest BCUT2D eigenvalue weighted by Gasteiger charge is -2.24. The summed E-state index contributed by atoms with van der Waals surface area (Å²) in [6, 6.07) is 4.14. The van der Waals surface area contributed by atoms with Crippen molar-refractivity contribution in [1.82, 2.24) is 0 Å². The number of benzene rings is 1. The van der Waals surface area contributed by atoms with Gasteiger partial charge in [-0.3, -0.25) is 0 Å². The van der Waals surface area contributed by atoms with Gasteiger partial charge in [-0.1, -0.05) is 6.92 Å². The topological polar surface area (TPSA) is 29.3 Å². The summed E-state index contributed by atoms with van der Waals surface area (Å²) in [5, 5.41) is 0. The van der Waals surface area contributed by atoms with E-state index in [1.165, 1.54) is 5.69 Å². The fraction of sp³-hybridized carbons (Fsp3) is 0.500. The van der Waals surface area contributed by atoms with Crippen molar-refractivity contribution >= 4 is 27.3 Å².